The van der Waals surface area contributed by atoms with Crippen molar-refractivity contribution in [1.29, 1.82) is 0 Å². The molecule has 2 heterocycles. The monoisotopic (exact) mass is 466 g/mol. The second kappa shape index (κ2) is 8.95. The summed E-state index contributed by atoms with van der Waals surface area (Å²) in [5.41, 5.74) is 0.948. The number of ether oxygens (including phenoxy) is 1. The fourth-order valence-electron chi connectivity index (χ4n) is 3.61. The molecule has 1 aliphatic rings. The zero-order valence-corrected chi connectivity index (χ0v) is 18.6. The molecule has 1 N–H and O–H groups in total. The number of carbonyl (C=O) groups is 3. The van der Waals surface area contributed by atoms with Crippen molar-refractivity contribution >= 4 is 39.9 Å². The van der Waals surface area contributed by atoms with Crippen LogP contribution in [0, 0.1) is 12.7 Å². The van der Waals surface area contributed by atoms with E-state index < -0.39 is 29.5 Å². The highest BCUT2D eigenvalue weighted by Gasteiger charge is 2.48. The Bertz CT molecular complexity index is 1270. The first kappa shape index (κ1) is 22.3. The number of aliphatic hydroxyl groups is 1. The van der Waals surface area contributed by atoms with Crippen molar-refractivity contribution in [2.75, 3.05) is 11.5 Å². The van der Waals surface area contributed by atoms with Crippen LogP contribution in [0.3, 0.4) is 0 Å². The molecule has 0 bridgehead atoms. The summed E-state index contributed by atoms with van der Waals surface area (Å²) in [6.07, 6.45) is 0. The van der Waals surface area contributed by atoms with Crippen LogP contribution >= 0.6 is 11.3 Å². The van der Waals surface area contributed by atoms with E-state index in [4.69, 9.17) is 4.74 Å². The number of halogens is 1. The highest BCUT2D eigenvalue weighted by atomic mass is 32.1. The Kier molecular flexibility index (Phi) is 6.06. The van der Waals surface area contributed by atoms with Crippen LogP contribution in [0.25, 0.3) is 5.76 Å². The molecular formula is C24H19FN2O5S. The number of aromatic nitrogens is 1. The zero-order valence-electron chi connectivity index (χ0n) is 17.7. The third-order valence-corrected chi connectivity index (χ3v) is 6.27. The lowest BCUT2D eigenvalue weighted by Crippen LogP contribution is -2.29. The van der Waals surface area contributed by atoms with Gasteiger partial charge < -0.3 is 9.84 Å². The fraction of sp³-hybridized carbons (Fsp3) is 0.167. The van der Waals surface area contributed by atoms with E-state index in [0.29, 0.717) is 16.8 Å². The smallest absolute Gasteiger partial charge is 0.350 e. The lowest BCUT2D eigenvalue weighted by Gasteiger charge is -2.23. The van der Waals surface area contributed by atoms with Gasteiger partial charge in [0.05, 0.1) is 23.9 Å². The Morgan fingerprint density at radius 1 is 1.15 bits per heavy atom. The van der Waals surface area contributed by atoms with Gasteiger partial charge >= 0.3 is 11.9 Å². The molecule has 0 spiro atoms. The van der Waals surface area contributed by atoms with E-state index in [1.807, 2.05) is 0 Å². The zero-order chi connectivity index (χ0) is 23.7. The molecule has 1 fully saturated rings. The minimum atomic E-state index is -1.06. The molecule has 1 aliphatic heterocycles. The maximum atomic E-state index is 13.6. The van der Waals surface area contributed by atoms with Gasteiger partial charge in [0.25, 0.3) is 5.78 Å². The van der Waals surface area contributed by atoms with E-state index in [-0.39, 0.29) is 27.9 Å². The number of rotatable bonds is 5. The third kappa shape index (κ3) is 4.03. The number of amides is 1. The van der Waals surface area contributed by atoms with E-state index in [1.54, 1.807) is 44.2 Å². The van der Waals surface area contributed by atoms with E-state index in [0.717, 1.165) is 16.2 Å². The summed E-state index contributed by atoms with van der Waals surface area (Å²) < 4.78 is 18.7. The average molecular weight is 466 g/mol. The molecule has 33 heavy (non-hydrogen) atoms. The standard InChI is InChI=1S/C24H19FN2O5S/c1-3-32-23(31)21-13(2)26-24(33-21)27-18(14-9-11-16(25)12-10-14)17(20(29)22(27)30)19(28)15-7-5-4-6-8-15/h4-12,18,28H,3H2,1-2H3/t18-/m0/s1. The van der Waals surface area contributed by atoms with Crippen molar-refractivity contribution in [3.63, 3.8) is 0 Å². The summed E-state index contributed by atoms with van der Waals surface area (Å²) >= 11 is 0.911. The maximum Gasteiger partial charge on any atom is 0.350 e. The molecule has 1 atom stereocenters. The fourth-order valence-corrected chi connectivity index (χ4v) is 4.60. The molecule has 0 aliphatic carbocycles. The van der Waals surface area contributed by atoms with Gasteiger partial charge in [0.2, 0.25) is 0 Å². The molecule has 1 aromatic heterocycles. The van der Waals surface area contributed by atoms with E-state index in [1.165, 1.54) is 24.3 Å². The van der Waals surface area contributed by atoms with Crippen LogP contribution in [0.2, 0.25) is 0 Å². The number of ketones is 1. The Morgan fingerprint density at radius 2 is 1.82 bits per heavy atom. The van der Waals surface area contributed by atoms with Crippen LogP contribution < -0.4 is 4.90 Å². The molecule has 0 saturated carbocycles. The molecule has 0 radical (unpaired) electrons. The molecule has 4 rings (SSSR count). The first-order valence-electron chi connectivity index (χ1n) is 10.1. The Labute approximate surface area is 192 Å². The van der Waals surface area contributed by atoms with Crippen molar-refractivity contribution in [3.05, 3.63) is 87.7 Å². The number of nitrogens with zero attached hydrogens (tertiary/aromatic N) is 2. The number of benzene rings is 2. The summed E-state index contributed by atoms with van der Waals surface area (Å²) in [6.45, 7) is 3.44. The second-order valence-corrected chi connectivity index (χ2v) is 8.20. The number of hydrogen-bond donors (Lipinski definition) is 1. The molecule has 7 nitrogen and oxygen atoms in total. The number of aryl methyl sites for hydroxylation is 1. The lowest BCUT2D eigenvalue weighted by molar-refractivity contribution is -0.132. The van der Waals surface area contributed by atoms with Gasteiger partial charge in [-0.1, -0.05) is 53.8 Å². The van der Waals surface area contributed by atoms with Gasteiger partial charge in [0.15, 0.2) is 5.13 Å². The molecule has 1 saturated heterocycles. The summed E-state index contributed by atoms with van der Waals surface area (Å²) in [5.74, 6) is -3.25. The first-order chi connectivity index (χ1) is 15.8. The largest absolute Gasteiger partial charge is 0.507 e. The van der Waals surface area contributed by atoms with Crippen molar-refractivity contribution in [2.24, 2.45) is 0 Å². The van der Waals surface area contributed by atoms with E-state index in [2.05, 4.69) is 4.98 Å². The van der Waals surface area contributed by atoms with Crippen molar-refractivity contribution in [3.8, 4) is 0 Å². The summed E-state index contributed by atoms with van der Waals surface area (Å²) in [7, 11) is 0. The normalized spacial score (nSPS) is 17.4. The predicted molar refractivity (Wildman–Crippen MR) is 120 cm³/mol. The van der Waals surface area contributed by atoms with Crippen LogP contribution in [0.15, 0.2) is 60.2 Å². The van der Waals surface area contributed by atoms with E-state index in [9.17, 15) is 23.9 Å². The minimum absolute atomic E-state index is 0.0964. The summed E-state index contributed by atoms with van der Waals surface area (Å²) in [5, 5.41) is 11.1. The molecule has 0 unspecified atom stereocenters. The van der Waals surface area contributed by atoms with E-state index >= 15 is 0 Å². The van der Waals surface area contributed by atoms with Crippen molar-refractivity contribution in [1.82, 2.24) is 4.98 Å². The summed E-state index contributed by atoms with van der Waals surface area (Å²) in [6, 6.07) is 12.6. The molecule has 168 valence electrons. The van der Waals surface area contributed by atoms with Crippen LogP contribution in [-0.4, -0.2) is 34.4 Å². The van der Waals surface area contributed by atoms with Crippen LogP contribution in [0.4, 0.5) is 9.52 Å². The molecule has 2 aromatic carbocycles. The van der Waals surface area contributed by atoms with Crippen molar-refractivity contribution in [2.45, 2.75) is 19.9 Å². The van der Waals surface area contributed by atoms with Gasteiger partial charge in [0.1, 0.15) is 16.5 Å². The number of thiazole rings is 1. The molecule has 9 heteroatoms. The molecule has 1 amide bonds. The van der Waals surface area contributed by atoms with Crippen LogP contribution in [-0.2, 0) is 14.3 Å². The van der Waals surface area contributed by atoms with Gasteiger partial charge in [-0.3, -0.25) is 14.5 Å². The van der Waals surface area contributed by atoms with Gasteiger partial charge in [-0.25, -0.2) is 14.2 Å². The van der Waals surface area contributed by atoms with Gasteiger partial charge in [-0.2, -0.15) is 0 Å². The SMILES string of the molecule is CCOC(=O)c1sc(N2C(=O)C(=O)C(=C(O)c3ccccc3)[C@@H]2c2ccc(F)cc2)nc1C. The van der Waals surface area contributed by atoms with Gasteiger partial charge in [-0.05, 0) is 31.5 Å². The molecular weight excluding hydrogens is 447 g/mol. The summed E-state index contributed by atoms with van der Waals surface area (Å²) in [4.78, 5) is 44.1. The minimum Gasteiger partial charge on any atom is -0.507 e. The quantitative estimate of drug-likeness (QED) is 0.259. The van der Waals surface area contributed by atoms with Crippen molar-refractivity contribution < 1.29 is 28.6 Å². The number of aliphatic hydroxyl groups excluding tert-OH is 1. The van der Waals surface area contributed by atoms with Gasteiger partial charge in [-0.15, -0.1) is 0 Å². The number of anilines is 1. The topological polar surface area (TPSA) is 96.8 Å². The van der Waals surface area contributed by atoms with Gasteiger partial charge in [0, 0.05) is 5.56 Å². The maximum absolute atomic E-state index is 13.6. The third-order valence-electron chi connectivity index (χ3n) is 5.13. The number of Topliss-reactive ketones (excluding diaryl/α,β-unsaturated/α-hetero) is 1. The number of carbonyl (C=O) groups excluding carboxylic acids is 3. The van der Waals surface area contributed by atoms with Crippen LogP contribution in [0.1, 0.15) is 39.5 Å². The number of hydrogen-bond acceptors (Lipinski definition) is 7. The number of esters is 1. The Balaban J connectivity index is 1.90. The molecule has 3 aromatic rings. The Hall–Kier alpha value is -3.85. The predicted octanol–water partition coefficient (Wildman–Crippen LogP) is 4.39. The highest BCUT2D eigenvalue weighted by Crippen LogP contribution is 2.43. The first-order valence-corrected chi connectivity index (χ1v) is 10.9. The lowest BCUT2D eigenvalue weighted by atomic mass is 9.95. The highest BCUT2D eigenvalue weighted by molar-refractivity contribution is 7.17. The Morgan fingerprint density at radius 3 is 2.45 bits per heavy atom. The second-order valence-electron chi connectivity index (χ2n) is 7.22. The van der Waals surface area contributed by atoms with Crippen LogP contribution in [0.5, 0.6) is 0 Å². The average Bonchev–Trinajstić information content (AvgIpc) is 3.32.